The van der Waals surface area contributed by atoms with E-state index in [1.807, 2.05) is 24.0 Å². The number of aromatic nitrogens is 1. The average Bonchev–Trinajstić information content (AvgIpc) is 2.93. The minimum absolute atomic E-state index is 0.188. The summed E-state index contributed by atoms with van der Waals surface area (Å²) in [5.74, 6) is 0.806. The molecule has 0 aromatic carbocycles. The van der Waals surface area contributed by atoms with Crippen molar-refractivity contribution in [1.82, 2.24) is 14.8 Å². The Morgan fingerprint density at radius 2 is 1.96 bits per heavy atom. The molecule has 2 aliphatic heterocycles. The van der Waals surface area contributed by atoms with Crippen LogP contribution in [-0.2, 0) is 4.79 Å². The second-order valence-electron chi connectivity index (χ2n) is 7.10. The molecule has 1 unspecified atom stereocenters. The first-order valence-corrected chi connectivity index (χ1v) is 8.97. The monoisotopic (exact) mass is 371 g/mol. The summed E-state index contributed by atoms with van der Waals surface area (Å²) in [7, 11) is 0. The number of amides is 1. The lowest BCUT2D eigenvalue weighted by atomic mass is 9.96. The molecular formula is C18H24F3N3O2. The molecule has 1 aromatic rings. The average molecular weight is 371 g/mol. The molecule has 0 bridgehead atoms. The molecule has 0 saturated carbocycles. The summed E-state index contributed by atoms with van der Waals surface area (Å²) in [4.78, 5) is 19.4. The van der Waals surface area contributed by atoms with Crippen LogP contribution in [0, 0.1) is 12.8 Å². The first-order valence-electron chi connectivity index (χ1n) is 8.97. The highest BCUT2D eigenvalue weighted by molar-refractivity contribution is 5.84. The predicted molar refractivity (Wildman–Crippen MR) is 89.8 cm³/mol. The van der Waals surface area contributed by atoms with Crippen molar-refractivity contribution in [2.75, 3.05) is 32.8 Å². The maximum atomic E-state index is 12.5. The highest BCUT2D eigenvalue weighted by atomic mass is 19.4. The van der Waals surface area contributed by atoms with Crippen LogP contribution < -0.4 is 4.74 Å². The van der Waals surface area contributed by atoms with E-state index in [1.165, 1.54) is 0 Å². The molecule has 3 rings (SSSR count). The number of alkyl halides is 3. The van der Waals surface area contributed by atoms with Crippen molar-refractivity contribution in [3.05, 3.63) is 24.0 Å². The summed E-state index contributed by atoms with van der Waals surface area (Å²) < 4.78 is 43.4. The third-order valence-corrected chi connectivity index (χ3v) is 5.08. The zero-order valence-electron chi connectivity index (χ0n) is 14.8. The van der Waals surface area contributed by atoms with Gasteiger partial charge < -0.3 is 9.64 Å². The van der Waals surface area contributed by atoms with Crippen molar-refractivity contribution < 1.29 is 22.7 Å². The third-order valence-electron chi connectivity index (χ3n) is 5.08. The first-order chi connectivity index (χ1) is 12.3. The lowest BCUT2D eigenvalue weighted by Crippen LogP contribution is -2.47. The van der Waals surface area contributed by atoms with Gasteiger partial charge in [0.15, 0.2) is 0 Å². The van der Waals surface area contributed by atoms with E-state index >= 15 is 0 Å². The van der Waals surface area contributed by atoms with Gasteiger partial charge >= 0.3 is 6.18 Å². The quantitative estimate of drug-likeness (QED) is 0.798. The molecule has 1 aromatic heterocycles. The van der Waals surface area contributed by atoms with Gasteiger partial charge in [0.05, 0.1) is 12.6 Å². The van der Waals surface area contributed by atoms with E-state index in [4.69, 9.17) is 4.74 Å². The van der Waals surface area contributed by atoms with Crippen LogP contribution in [0.25, 0.3) is 0 Å². The van der Waals surface area contributed by atoms with Crippen molar-refractivity contribution in [2.45, 2.75) is 38.4 Å². The fourth-order valence-corrected chi connectivity index (χ4v) is 3.69. The Balaban J connectivity index is 1.44. The van der Waals surface area contributed by atoms with Crippen LogP contribution in [0.2, 0.25) is 0 Å². The van der Waals surface area contributed by atoms with E-state index in [1.54, 1.807) is 6.20 Å². The summed E-state index contributed by atoms with van der Waals surface area (Å²) >= 11 is 0. The number of pyridine rings is 1. The molecule has 2 saturated heterocycles. The molecule has 5 nitrogen and oxygen atoms in total. The van der Waals surface area contributed by atoms with E-state index in [0.29, 0.717) is 18.9 Å². The van der Waals surface area contributed by atoms with Crippen LogP contribution in [0.5, 0.6) is 5.75 Å². The van der Waals surface area contributed by atoms with Gasteiger partial charge in [-0.3, -0.25) is 14.7 Å². The Kier molecular flexibility index (Phi) is 5.70. The van der Waals surface area contributed by atoms with Gasteiger partial charge in [-0.1, -0.05) is 0 Å². The van der Waals surface area contributed by atoms with Crippen LogP contribution in [0.15, 0.2) is 18.3 Å². The molecule has 144 valence electrons. The lowest BCUT2D eigenvalue weighted by molar-refractivity contribution is -0.159. The largest absolute Gasteiger partial charge is 0.493 e. The number of ether oxygens (including phenoxy) is 1. The van der Waals surface area contributed by atoms with Crippen molar-refractivity contribution in [3.8, 4) is 5.75 Å². The molecule has 0 radical (unpaired) electrons. The molecule has 26 heavy (non-hydrogen) atoms. The Labute approximate surface area is 151 Å². The highest BCUT2D eigenvalue weighted by Gasteiger charge is 2.42. The number of nitrogens with zero attached hydrogens (tertiary/aromatic N) is 3. The number of carbonyl (C=O) groups excluding carboxylic acids is 1. The van der Waals surface area contributed by atoms with E-state index in [9.17, 15) is 18.0 Å². The standard InChI is InChI=1S/C18H24F3N3O2/c1-13-10-15(2-6-22-13)26-11-14-3-7-23(8-4-14)16-5-9-24(17(16)25)12-18(19,20)21/h2,6,10,14,16H,3-5,7-9,11-12H2,1H3. The topological polar surface area (TPSA) is 45.7 Å². The van der Waals surface area contributed by atoms with Crippen LogP contribution in [0.4, 0.5) is 13.2 Å². The smallest absolute Gasteiger partial charge is 0.406 e. The van der Waals surface area contributed by atoms with Gasteiger partial charge in [-0.05, 0) is 51.3 Å². The number of piperidine rings is 1. The van der Waals surface area contributed by atoms with E-state index < -0.39 is 18.8 Å². The normalized spacial score (nSPS) is 22.8. The van der Waals surface area contributed by atoms with Crippen LogP contribution in [0.1, 0.15) is 25.0 Å². The summed E-state index contributed by atoms with van der Waals surface area (Å²) in [6, 6.07) is 3.32. The second kappa shape index (κ2) is 7.82. The second-order valence-corrected chi connectivity index (χ2v) is 7.10. The number of carbonyl (C=O) groups is 1. The minimum atomic E-state index is -4.33. The number of rotatable bonds is 5. The van der Waals surface area contributed by atoms with Gasteiger partial charge in [-0.15, -0.1) is 0 Å². The third kappa shape index (κ3) is 4.87. The number of halogens is 3. The number of likely N-dealkylation sites (tertiary alicyclic amines) is 2. The molecule has 0 N–H and O–H groups in total. The summed E-state index contributed by atoms with van der Waals surface area (Å²) in [6.45, 7) is 3.01. The zero-order valence-corrected chi connectivity index (χ0v) is 14.8. The first kappa shape index (κ1) is 18.9. The molecule has 0 aliphatic carbocycles. The molecule has 2 aliphatic rings. The van der Waals surface area contributed by atoms with E-state index in [-0.39, 0.29) is 12.5 Å². The van der Waals surface area contributed by atoms with Crippen LogP contribution in [0.3, 0.4) is 0 Å². The maximum absolute atomic E-state index is 12.5. The summed E-state index contributed by atoms with van der Waals surface area (Å²) in [5, 5.41) is 0. The minimum Gasteiger partial charge on any atom is -0.493 e. The van der Waals surface area contributed by atoms with Gasteiger partial charge in [-0.25, -0.2) is 0 Å². The van der Waals surface area contributed by atoms with Gasteiger partial charge in [0.1, 0.15) is 12.3 Å². The fourth-order valence-electron chi connectivity index (χ4n) is 3.69. The summed E-state index contributed by atoms with van der Waals surface area (Å²) in [5.41, 5.74) is 0.903. The molecule has 1 atom stereocenters. The van der Waals surface area contributed by atoms with Gasteiger partial charge in [0.2, 0.25) is 5.91 Å². The van der Waals surface area contributed by atoms with E-state index in [0.717, 1.165) is 42.3 Å². The lowest BCUT2D eigenvalue weighted by Gasteiger charge is -2.35. The summed E-state index contributed by atoms with van der Waals surface area (Å²) in [6.07, 6.45) is -0.377. The Morgan fingerprint density at radius 1 is 1.23 bits per heavy atom. The molecule has 3 heterocycles. The predicted octanol–water partition coefficient (Wildman–Crippen LogP) is 2.64. The van der Waals surface area contributed by atoms with Gasteiger partial charge in [0.25, 0.3) is 0 Å². The Morgan fingerprint density at radius 3 is 2.62 bits per heavy atom. The van der Waals surface area contributed by atoms with Crippen molar-refractivity contribution in [1.29, 1.82) is 0 Å². The SMILES string of the molecule is Cc1cc(OCC2CCN(C3CCN(CC(F)(F)F)C3=O)CC2)ccn1. The Bertz CT molecular complexity index is 630. The van der Waals surface area contributed by atoms with Crippen molar-refractivity contribution in [2.24, 2.45) is 5.92 Å². The van der Waals surface area contributed by atoms with Crippen LogP contribution >= 0.6 is 0 Å². The fraction of sp³-hybridized carbons (Fsp3) is 0.667. The molecule has 2 fully saturated rings. The molecule has 1 amide bonds. The zero-order chi connectivity index (χ0) is 18.7. The van der Waals surface area contributed by atoms with E-state index in [2.05, 4.69) is 4.98 Å². The highest BCUT2D eigenvalue weighted by Crippen LogP contribution is 2.27. The maximum Gasteiger partial charge on any atom is 0.406 e. The number of hydrogen-bond donors (Lipinski definition) is 0. The van der Waals surface area contributed by atoms with Crippen molar-refractivity contribution >= 4 is 5.91 Å². The number of hydrogen-bond acceptors (Lipinski definition) is 4. The molecular weight excluding hydrogens is 347 g/mol. The molecule has 8 heteroatoms. The number of aryl methyl sites for hydroxylation is 1. The Hall–Kier alpha value is -1.83. The van der Waals surface area contributed by atoms with Gasteiger partial charge in [-0.2, -0.15) is 13.2 Å². The molecule has 0 spiro atoms. The van der Waals surface area contributed by atoms with Crippen molar-refractivity contribution in [3.63, 3.8) is 0 Å². The van der Waals surface area contributed by atoms with Crippen LogP contribution in [-0.4, -0.2) is 65.7 Å². The van der Waals surface area contributed by atoms with Gasteiger partial charge in [0, 0.05) is 24.5 Å².